The van der Waals surface area contributed by atoms with Crippen molar-refractivity contribution in [3.63, 3.8) is 0 Å². The number of carbonyl (C=O) groups excluding carboxylic acids is 2. The highest BCUT2D eigenvalue weighted by Crippen LogP contribution is 2.29. The summed E-state index contributed by atoms with van der Waals surface area (Å²) in [6.45, 7) is 0.232. The number of fused-ring (bicyclic) bond motifs is 1. The minimum Gasteiger partial charge on any atom is -0.350 e. The van der Waals surface area contributed by atoms with Crippen LogP contribution in [-0.4, -0.2) is 22.4 Å². The molecule has 2 N–H and O–H groups in total. The molecule has 0 aliphatic carbocycles. The Balaban J connectivity index is 1.64. The quantitative estimate of drug-likeness (QED) is 0.899. The molecule has 0 bridgehead atoms. The minimum absolute atomic E-state index is 0.0480. The topological polar surface area (TPSA) is 63.1 Å². The van der Waals surface area contributed by atoms with Gasteiger partial charge in [0.15, 0.2) is 0 Å². The van der Waals surface area contributed by atoms with Crippen molar-refractivity contribution in [1.82, 2.24) is 15.2 Å². The fourth-order valence-electron chi connectivity index (χ4n) is 2.57. The van der Waals surface area contributed by atoms with Gasteiger partial charge in [0.05, 0.1) is 12.1 Å². The number of carbonyl (C=O) groups is 2. The van der Waals surface area contributed by atoms with Crippen molar-refractivity contribution in [1.29, 1.82) is 0 Å². The second-order valence-electron chi connectivity index (χ2n) is 5.49. The van der Waals surface area contributed by atoms with Crippen LogP contribution in [0.4, 0.5) is 13.2 Å². The number of alkyl halides is 3. The van der Waals surface area contributed by atoms with Gasteiger partial charge in [-0.3, -0.25) is 9.59 Å². The van der Waals surface area contributed by atoms with E-state index in [-0.39, 0.29) is 19.0 Å². The van der Waals surface area contributed by atoms with Crippen LogP contribution in [0.15, 0.2) is 42.6 Å². The summed E-state index contributed by atoms with van der Waals surface area (Å²) in [7, 11) is 0. The fraction of sp³-hybridized carbons (Fsp3) is 0.250. The van der Waals surface area contributed by atoms with E-state index in [1.165, 1.54) is 12.1 Å². The minimum atomic E-state index is -4.43. The van der Waals surface area contributed by atoms with Crippen LogP contribution in [0.25, 0.3) is 0 Å². The molecular weight excluding hydrogens is 323 g/mol. The van der Waals surface area contributed by atoms with Crippen molar-refractivity contribution >= 4 is 11.8 Å². The summed E-state index contributed by atoms with van der Waals surface area (Å²) < 4.78 is 39.7. The zero-order chi connectivity index (χ0) is 17.3. The van der Waals surface area contributed by atoms with Crippen molar-refractivity contribution in [2.45, 2.75) is 25.3 Å². The van der Waals surface area contributed by atoms with Crippen molar-refractivity contribution < 1.29 is 22.8 Å². The van der Waals surface area contributed by atoms with Crippen LogP contribution in [0, 0.1) is 0 Å². The van der Waals surface area contributed by atoms with E-state index >= 15 is 0 Å². The summed E-state index contributed by atoms with van der Waals surface area (Å²) in [5, 5.41) is 5.14. The molecule has 5 nitrogen and oxygen atoms in total. The molecule has 1 aromatic carbocycles. The van der Waals surface area contributed by atoms with E-state index in [0.717, 1.165) is 12.1 Å². The number of benzene rings is 1. The Morgan fingerprint density at radius 1 is 1.29 bits per heavy atom. The molecule has 2 aromatic rings. The number of rotatable bonds is 3. The van der Waals surface area contributed by atoms with Gasteiger partial charge >= 0.3 is 6.18 Å². The Morgan fingerprint density at radius 2 is 2.08 bits per heavy atom. The van der Waals surface area contributed by atoms with E-state index in [1.54, 1.807) is 22.9 Å². The lowest BCUT2D eigenvalue weighted by Gasteiger charge is -2.25. The van der Waals surface area contributed by atoms with Crippen LogP contribution in [-0.2, 0) is 24.1 Å². The average Bonchev–Trinajstić information content (AvgIpc) is 3.01. The molecule has 24 heavy (non-hydrogen) atoms. The first-order valence-corrected chi connectivity index (χ1v) is 7.24. The maximum Gasteiger partial charge on any atom is 0.416 e. The Labute approximate surface area is 135 Å². The van der Waals surface area contributed by atoms with Crippen LogP contribution in [0.2, 0.25) is 0 Å². The molecule has 0 fully saturated rings. The molecule has 0 saturated heterocycles. The average molecular weight is 337 g/mol. The number of halogens is 3. The molecule has 1 aliphatic heterocycles. The highest BCUT2D eigenvalue weighted by atomic mass is 19.4. The molecule has 1 aliphatic rings. The van der Waals surface area contributed by atoms with Crippen LogP contribution in [0.5, 0.6) is 0 Å². The molecule has 2 heterocycles. The number of amides is 2. The maximum atomic E-state index is 12.7. The summed E-state index contributed by atoms with van der Waals surface area (Å²) in [6.07, 6.45) is -2.73. The zero-order valence-corrected chi connectivity index (χ0v) is 12.4. The van der Waals surface area contributed by atoms with Crippen LogP contribution in [0.1, 0.15) is 21.6 Å². The number of nitrogens with zero attached hydrogens (tertiary/aromatic N) is 1. The molecule has 0 radical (unpaired) electrons. The molecule has 1 unspecified atom stereocenters. The monoisotopic (exact) mass is 337 g/mol. The summed E-state index contributed by atoms with van der Waals surface area (Å²) in [4.78, 5) is 24.0. The summed E-state index contributed by atoms with van der Waals surface area (Å²) in [5.41, 5.74) is 0.0380. The molecule has 0 saturated carbocycles. The first-order valence-electron chi connectivity index (χ1n) is 7.24. The maximum absolute atomic E-state index is 12.7. The summed E-state index contributed by atoms with van der Waals surface area (Å²) >= 11 is 0. The lowest BCUT2D eigenvalue weighted by molar-refractivity contribution is -0.137. The van der Waals surface area contributed by atoms with E-state index < -0.39 is 23.7 Å². The van der Waals surface area contributed by atoms with E-state index in [1.807, 2.05) is 0 Å². The van der Waals surface area contributed by atoms with Gasteiger partial charge in [0.2, 0.25) is 5.91 Å². The Hall–Kier alpha value is -2.77. The number of hydrogen-bond donors (Lipinski definition) is 2. The number of hydrogen-bond acceptors (Lipinski definition) is 2. The predicted molar refractivity (Wildman–Crippen MR) is 79.0 cm³/mol. The first kappa shape index (κ1) is 16.1. The third-order valence-corrected chi connectivity index (χ3v) is 3.78. The van der Waals surface area contributed by atoms with E-state index in [4.69, 9.17) is 0 Å². The predicted octanol–water partition coefficient (Wildman–Crippen LogP) is 1.94. The molecule has 8 heteroatoms. The largest absolute Gasteiger partial charge is 0.416 e. The fourth-order valence-corrected chi connectivity index (χ4v) is 2.57. The van der Waals surface area contributed by atoms with Gasteiger partial charge in [-0.15, -0.1) is 0 Å². The Morgan fingerprint density at radius 3 is 2.83 bits per heavy atom. The van der Waals surface area contributed by atoms with Crippen molar-refractivity contribution in [3.05, 3.63) is 59.4 Å². The standard InChI is InChI=1S/C16H14F3N3O2/c17-16(18,19)11-4-1-3-10(7-11)8-20-14(23)12-9-22-6-2-5-13(22)15(24)21-12/h1-7,12H,8-9H2,(H,20,23)(H,21,24). The van der Waals surface area contributed by atoms with Gasteiger partial charge in [-0.1, -0.05) is 12.1 Å². The van der Waals surface area contributed by atoms with Crippen LogP contribution in [0.3, 0.4) is 0 Å². The van der Waals surface area contributed by atoms with Crippen molar-refractivity contribution in [2.24, 2.45) is 0 Å². The molecule has 1 aromatic heterocycles. The highest BCUT2D eigenvalue weighted by molar-refractivity contribution is 5.97. The van der Waals surface area contributed by atoms with Gasteiger partial charge in [-0.05, 0) is 29.8 Å². The van der Waals surface area contributed by atoms with Crippen molar-refractivity contribution in [3.8, 4) is 0 Å². The Kier molecular flexibility index (Phi) is 4.04. The molecule has 126 valence electrons. The molecule has 2 amide bonds. The third-order valence-electron chi connectivity index (χ3n) is 3.78. The first-order chi connectivity index (χ1) is 11.3. The number of nitrogens with one attached hydrogen (secondary N) is 2. The van der Waals surface area contributed by atoms with Crippen LogP contribution < -0.4 is 10.6 Å². The van der Waals surface area contributed by atoms with Gasteiger partial charge in [0.1, 0.15) is 11.7 Å². The molecule has 3 rings (SSSR count). The lowest BCUT2D eigenvalue weighted by Crippen LogP contribution is -2.52. The van der Waals surface area contributed by atoms with Gasteiger partial charge < -0.3 is 15.2 Å². The number of aromatic nitrogens is 1. The summed E-state index contributed by atoms with van der Waals surface area (Å²) in [6, 6.07) is 7.34. The highest BCUT2D eigenvalue weighted by Gasteiger charge is 2.31. The summed E-state index contributed by atoms with van der Waals surface area (Å²) in [5.74, 6) is -0.800. The van der Waals surface area contributed by atoms with Crippen molar-refractivity contribution in [2.75, 3.05) is 0 Å². The lowest BCUT2D eigenvalue weighted by atomic mass is 10.1. The second-order valence-corrected chi connectivity index (χ2v) is 5.49. The smallest absolute Gasteiger partial charge is 0.350 e. The zero-order valence-electron chi connectivity index (χ0n) is 12.4. The van der Waals surface area contributed by atoms with Crippen LogP contribution >= 0.6 is 0 Å². The van der Waals surface area contributed by atoms with Gasteiger partial charge in [0, 0.05) is 12.7 Å². The molecular formula is C16H14F3N3O2. The molecule has 0 spiro atoms. The van der Waals surface area contributed by atoms with E-state index in [2.05, 4.69) is 10.6 Å². The Bertz CT molecular complexity index is 783. The van der Waals surface area contributed by atoms with Gasteiger partial charge in [0.25, 0.3) is 5.91 Å². The van der Waals surface area contributed by atoms with Gasteiger partial charge in [-0.2, -0.15) is 13.2 Å². The van der Waals surface area contributed by atoms with E-state index in [9.17, 15) is 22.8 Å². The normalized spacial score (nSPS) is 17.1. The SMILES string of the molecule is O=C1NC(C(=O)NCc2cccc(C(F)(F)F)c2)Cn2cccc21. The van der Waals surface area contributed by atoms with E-state index in [0.29, 0.717) is 11.3 Å². The third kappa shape index (κ3) is 3.27. The molecule has 1 atom stereocenters. The second kappa shape index (κ2) is 6.03. The van der Waals surface area contributed by atoms with Gasteiger partial charge in [-0.25, -0.2) is 0 Å².